The second kappa shape index (κ2) is 6.24. The number of alkyl halides is 1. The van der Waals surface area contributed by atoms with Crippen LogP contribution in [0.4, 0.5) is 0 Å². The Morgan fingerprint density at radius 3 is 2.47 bits per heavy atom. The van der Waals surface area contributed by atoms with Crippen LogP contribution in [0.15, 0.2) is 4.47 Å². The molecular weight excluding hydrogens is 300 g/mol. The second-order valence-corrected chi connectivity index (χ2v) is 6.12. The summed E-state index contributed by atoms with van der Waals surface area (Å²) in [5.41, 5.74) is 2.56. The van der Waals surface area contributed by atoms with Crippen molar-refractivity contribution in [2.24, 2.45) is 12.5 Å². The number of aromatic nitrogens is 2. The molecule has 0 aliphatic heterocycles. The highest BCUT2D eigenvalue weighted by Crippen LogP contribution is 2.33. The first kappa shape index (κ1) is 15.0. The molecule has 2 nitrogen and oxygen atoms in total. The van der Waals surface area contributed by atoms with Crippen LogP contribution in [0.3, 0.4) is 0 Å². The standard InChI is InChI=1S/C13H22BrClN2/c1-5-7-13(3,9-15)8-11-12(14)10(6-2)16-17(11)4/h5-9H2,1-4H3. The predicted octanol–water partition coefficient (Wildman–Crippen LogP) is 4.33. The molecule has 0 fully saturated rings. The third kappa shape index (κ3) is 3.47. The minimum Gasteiger partial charge on any atom is -0.271 e. The number of hydrogen-bond acceptors (Lipinski definition) is 1. The van der Waals surface area contributed by atoms with Crippen LogP contribution in [-0.4, -0.2) is 15.7 Å². The predicted molar refractivity (Wildman–Crippen MR) is 77.7 cm³/mol. The summed E-state index contributed by atoms with van der Waals surface area (Å²) in [4.78, 5) is 0. The van der Waals surface area contributed by atoms with E-state index < -0.39 is 0 Å². The average molecular weight is 322 g/mol. The van der Waals surface area contributed by atoms with E-state index in [9.17, 15) is 0 Å². The normalized spacial score (nSPS) is 14.9. The molecule has 1 unspecified atom stereocenters. The van der Waals surface area contributed by atoms with E-state index in [0.29, 0.717) is 5.88 Å². The lowest BCUT2D eigenvalue weighted by atomic mass is 9.83. The number of nitrogens with zero attached hydrogens (tertiary/aromatic N) is 2. The van der Waals surface area contributed by atoms with Gasteiger partial charge in [-0.25, -0.2) is 0 Å². The van der Waals surface area contributed by atoms with Gasteiger partial charge in [0.05, 0.1) is 15.9 Å². The maximum Gasteiger partial charge on any atom is 0.0766 e. The molecule has 98 valence electrons. The van der Waals surface area contributed by atoms with Crippen molar-refractivity contribution in [2.75, 3.05) is 5.88 Å². The molecule has 0 aromatic carbocycles. The highest BCUT2D eigenvalue weighted by atomic mass is 79.9. The molecule has 1 aromatic heterocycles. The Morgan fingerprint density at radius 2 is 2.06 bits per heavy atom. The molecule has 0 aliphatic carbocycles. The average Bonchev–Trinajstić information content (AvgIpc) is 2.57. The van der Waals surface area contributed by atoms with Gasteiger partial charge < -0.3 is 0 Å². The third-order valence-corrected chi connectivity index (χ3v) is 4.83. The van der Waals surface area contributed by atoms with E-state index in [-0.39, 0.29) is 5.41 Å². The minimum absolute atomic E-state index is 0.164. The summed E-state index contributed by atoms with van der Waals surface area (Å²) < 4.78 is 3.15. The van der Waals surface area contributed by atoms with Crippen molar-refractivity contribution < 1.29 is 0 Å². The maximum atomic E-state index is 6.14. The van der Waals surface area contributed by atoms with Crippen LogP contribution < -0.4 is 0 Å². The fraction of sp³-hybridized carbons (Fsp3) is 0.769. The highest BCUT2D eigenvalue weighted by Gasteiger charge is 2.26. The Labute approximate surface area is 118 Å². The number of halogens is 2. The fourth-order valence-corrected chi connectivity index (χ4v) is 3.21. The van der Waals surface area contributed by atoms with Crippen LogP contribution in [0, 0.1) is 5.41 Å². The SMILES string of the molecule is CCCC(C)(CCl)Cc1c(Br)c(CC)nn1C. The first-order valence-corrected chi connectivity index (χ1v) is 7.56. The zero-order valence-electron chi connectivity index (χ0n) is 11.2. The van der Waals surface area contributed by atoms with Crippen LogP contribution in [0.5, 0.6) is 0 Å². The summed E-state index contributed by atoms with van der Waals surface area (Å²) >= 11 is 9.81. The van der Waals surface area contributed by atoms with E-state index in [1.54, 1.807) is 0 Å². The van der Waals surface area contributed by atoms with Gasteiger partial charge in [0.1, 0.15) is 0 Å². The lowest BCUT2D eigenvalue weighted by Crippen LogP contribution is -2.23. The van der Waals surface area contributed by atoms with Crippen molar-refractivity contribution >= 4 is 27.5 Å². The van der Waals surface area contributed by atoms with Gasteiger partial charge in [-0.15, -0.1) is 11.6 Å². The molecule has 17 heavy (non-hydrogen) atoms. The van der Waals surface area contributed by atoms with E-state index >= 15 is 0 Å². The van der Waals surface area contributed by atoms with Gasteiger partial charge in [0.2, 0.25) is 0 Å². The first-order valence-electron chi connectivity index (χ1n) is 6.23. The van der Waals surface area contributed by atoms with Gasteiger partial charge in [-0.3, -0.25) is 4.68 Å². The van der Waals surface area contributed by atoms with Crippen molar-refractivity contribution in [2.45, 2.75) is 46.5 Å². The molecule has 0 N–H and O–H groups in total. The second-order valence-electron chi connectivity index (χ2n) is 5.06. The largest absolute Gasteiger partial charge is 0.271 e. The Kier molecular flexibility index (Phi) is 5.52. The van der Waals surface area contributed by atoms with Gasteiger partial charge in [0.15, 0.2) is 0 Å². The minimum atomic E-state index is 0.164. The van der Waals surface area contributed by atoms with Crippen molar-refractivity contribution in [3.8, 4) is 0 Å². The summed E-state index contributed by atoms with van der Waals surface area (Å²) in [6.45, 7) is 6.60. The molecule has 0 bridgehead atoms. The van der Waals surface area contributed by atoms with Crippen molar-refractivity contribution in [1.29, 1.82) is 0 Å². The van der Waals surface area contributed by atoms with Gasteiger partial charge >= 0.3 is 0 Å². The molecule has 0 amide bonds. The maximum absolute atomic E-state index is 6.14. The van der Waals surface area contributed by atoms with E-state index in [1.165, 1.54) is 12.1 Å². The highest BCUT2D eigenvalue weighted by molar-refractivity contribution is 9.10. The van der Waals surface area contributed by atoms with Gasteiger partial charge in [0.25, 0.3) is 0 Å². The summed E-state index contributed by atoms with van der Waals surface area (Å²) in [6.07, 6.45) is 4.25. The lowest BCUT2D eigenvalue weighted by molar-refractivity contribution is 0.326. The van der Waals surface area contributed by atoms with Crippen molar-refractivity contribution in [3.05, 3.63) is 15.9 Å². The topological polar surface area (TPSA) is 17.8 Å². The Bertz CT molecular complexity index is 376. The molecule has 4 heteroatoms. The molecule has 1 atom stereocenters. The van der Waals surface area contributed by atoms with E-state index in [1.807, 2.05) is 11.7 Å². The molecule has 1 rings (SSSR count). The third-order valence-electron chi connectivity index (χ3n) is 3.27. The van der Waals surface area contributed by atoms with Gasteiger partial charge in [0, 0.05) is 12.9 Å². The first-order chi connectivity index (χ1) is 7.97. The molecule has 0 saturated heterocycles. The van der Waals surface area contributed by atoms with E-state index in [2.05, 4.69) is 41.8 Å². The van der Waals surface area contributed by atoms with Crippen molar-refractivity contribution in [3.63, 3.8) is 0 Å². The Hall–Kier alpha value is -0.0200. The lowest BCUT2D eigenvalue weighted by Gasteiger charge is -2.26. The smallest absolute Gasteiger partial charge is 0.0766 e. The summed E-state index contributed by atoms with van der Waals surface area (Å²) in [7, 11) is 2.01. The van der Waals surface area contributed by atoms with Gasteiger partial charge in [-0.05, 0) is 40.6 Å². The van der Waals surface area contributed by atoms with Crippen LogP contribution in [0.25, 0.3) is 0 Å². The zero-order chi connectivity index (χ0) is 13.1. The number of rotatable bonds is 6. The molecule has 0 spiro atoms. The Morgan fingerprint density at radius 1 is 1.41 bits per heavy atom. The Balaban J connectivity index is 2.97. The summed E-state index contributed by atoms with van der Waals surface area (Å²) in [5, 5.41) is 4.53. The molecule has 0 saturated carbocycles. The fourth-order valence-electron chi connectivity index (χ4n) is 2.22. The molecule has 0 aliphatic rings. The van der Waals surface area contributed by atoms with Crippen molar-refractivity contribution in [1.82, 2.24) is 9.78 Å². The molecule has 0 radical (unpaired) electrons. The van der Waals surface area contributed by atoms with Crippen LogP contribution >= 0.6 is 27.5 Å². The number of hydrogen-bond donors (Lipinski definition) is 0. The quantitative estimate of drug-likeness (QED) is 0.713. The summed E-state index contributed by atoms with van der Waals surface area (Å²) in [5.74, 6) is 0.694. The van der Waals surface area contributed by atoms with Gasteiger partial charge in [-0.1, -0.05) is 27.2 Å². The monoisotopic (exact) mass is 320 g/mol. The molecule has 1 aromatic rings. The van der Waals surface area contributed by atoms with Crippen LogP contribution in [-0.2, 0) is 19.9 Å². The van der Waals surface area contributed by atoms with Crippen LogP contribution in [0.1, 0.15) is 45.0 Å². The number of aryl methyl sites for hydroxylation is 2. The summed E-state index contributed by atoms with van der Waals surface area (Å²) in [6, 6.07) is 0. The van der Waals surface area contributed by atoms with Crippen LogP contribution in [0.2, 0.25) is 0 Å². The molecular formula is C13H22BrClN2. The van der Waals surface area contributed by atoms with E-state index in [0.717, 1.165) is 29.4 Å². The van der Waals surface area contributed by atoms with Gasteiger partial charge in [-0.2, -0.15) is 5.10 Å². The van der Waals surface area contributed by atoms with E-state index in [4.69, 9.17) is 11.6 Å². The molecule has 1 heterocycles. The zero-order valence-corrected chi connectivity index (χ0v) is 13.5.